The molecule has 0 spiro atoms. The van der Waals surface area contributed by atoms with Gasteiger partial charge >= 0.3 is 0 Å². The third kappa shape index (κ3) is 7.92. The topological polar surface area (TPSA) is 12.5 Å². The first kappa shape index (κ1) is 16.7. The molecule has 0 aromatic rings. The highest BCUT2D eigenvalue weighted by Crippen LogP contribution is 2.20. The quantitative estimate of drug-likeness (QED) is 0.313. The lowest BCUT2D eigenvalue weighted by atomic mass is 10.1. The molecule has 0 saturated carbocycles. The molecule has 0 aliphatic carbocycles. The molecule has 18 heavy (non-hydrogen) atoms. The summed E-state index contributed by atoms with van der Waals surface area (Å²) < 4.78 is 5.89. The van der Waals surface area contributed by atoms with E-state index >= 15 is 0 Å². The van der Waals surface area contributed by atoms with Crippen LogP contribution < -0.4 is 0 Å². The molecule has 1 atom stereocenters. The monoisotopic (exact) mass is 335 g/mol. The van der Waals surface area contributed by atoms with Crippen molar-refractivity contribution in [3.63, 3.8) is 0 Å². The lowest BCUT2D eigenvalue weighted by Crippen LogP contribution is -2.34. The highest BCUT2D eigenvalue weighted by atomic mass is 79.9. The maximum Gasteiger partial charge on any atom is 0.0998 e. The van der Waals surface area contributed by atoms with Gasteiger partial charge in [-0.1, -0.05) is 61.3 Å². The Morgan fingerprint density at radius 2 is 1.78 bits per heavy atom. The molecule has 0 bridgehead atoms. The van der Waals surface area contributed by atoms with Crippen molar-refractivity contribution in [2.45, 2.75) is 69.2 Å². The van der Waals surface area contributed by atoms with Gasteiger partial charge < -0.3 is 4.74 Å². The van der Waals surface area contributed by atoms with Gasteiger partial charge in [-0.15, -0.1) is 0 Å². The number of hydrogen-bond donors (Lipinski definition) is 0. The van der Waals surface area contributed by atoms with Gasteiger partial charge in [0.05, 0.1) is 11.7 Å². The average Bonchev–Trinajstić information content (AvgIpc) is 2.37. The SMILES string of the molecule is C[Si](C)(C)CCOCN1CCCCCCCC1Br. The number of hydrogen-bond acceptors (Lipinski definition) is 2. The number of rotatable bonds is 5. The largest absolute Gasteiger partial charge is 0.366 e. The summed E-state index contributed by atoms with van der Waals surface area (Å²) in [5.41, 5.74) is 0. The Bertz CT molecular complexity index is 220. The molecule has 1 aliphatic heterocycles. The zero-order valence-electron chi connectivity index (χ0n) is 12.4. The normalized spacial score (nSPS) is 24.3. The van der Waals surface area contributed by atoms with E-state index in [0.717, 1.165) is 13.3 Å². The molecule has 1 fully saturated rings. The summed E-state index contributed by atoms with van der Waals surface area (Å²) in [6.45, 7) is 10.1. The Morgan fingerprint density at radius 3 is 2.50 bits per heavy atom. The first-order valence-corrected chi connectivity index (χ1v) is 12.1. The van der Waals surface area contributed by atoms with Crippen LogP contribution in [0.25, 0.3) is 0 Å². The molecule has 1 unspecified atom stereocenters. The van der Waals surface area contributed by atoms with Crippen LogP contribution in [0.3, 0.4) is 0 Å². The molecule has 0 N–H and O–H groups in total. The van der Waals surface area contributed by atoms with Crippen LogP contribution in [0.5, 0.6) is 0 Å². The summed E-state index contributed by atoms with van der Waals surface area (Å²) in [6, 6.07) is 1.27. The molecule has 1 heterocycles. The number of ether oxygens (including phenoxy) is 1. The van der Waals surface area contributed by atoms with Crippen LogP contribution in [0.2, 0.25) is 25.7 Å². The fourth-order valence-corrected chi connectivity index (χ4v) is 3.59. The minimum absolute atomic E-state index is 0.516. The summed E-state index contributed by atoms with van der Waals surface area (Å²) in [4.78, 5) is 2.98. The van der Waals surface area contributed by atoms with E-state index < -0.39 is 8.07 Å². The Labute approximate surface area is 123 Å². The number of halogens is 1. The predicted octanol–water partition coefficient (Wildman–Crippen LogP) is 4.68. The zero-order valence-corrected chi connectivity index (χ0v) is 15.0. The van der Waals surface area contributed by atoms with Crippen molar-refractivity contribution >= 4 is 24.0 Å². The second-order valence-electron chi connectivity index (χ2n) is 6.65. The van der Waals surface area contributed by atoms with Gasteiger partial charge in [0.1, 0.15) is 0 Å². The van der Waals surface area contributed by atoms with E-state index in [-0.39, 0.29) is 0 Å². The molecule has 0 aromatic heterocycles. The van der Waals surface area contributed by atoms with Crippen molar-refractivity contribution in [2.24, 2.45) is 0 Å². The maximum atomic E-state index is 5.89. The maximum absolute atomic E-state index is 5.89. The molecule has 0 radical (unpaired) electrons. The van der Waals surface area contributed by atoms with E-state index in [4.69, 9.17) is 4.74 Å². The number of alkyl halides is 1. The summed E-state index contributed by atoms with van der Waals surface area (Å²) in [7, 11) is -0.942. The van der Waals surface area contributed by atoms with Crippen LogP contribution in [-0.4, -0.2) is 37.8 Å². The third-order valence-corrected chi connectivity index (χ3v) is 6.28. The summed E-state index contributed by atoms with van der Waals surface area (Å²) in [5, 5.41) is 0. The smallest absolute Gasteiger partial charge is 0.0998 e. The highest BCUT2D eigenvalue weighted by Gasteiger charge is 2.17. The molecular weight excluding hydrogens is 306 g/mol. The summed E-state index contributed by atoms with van der Waals surface area (Å²) in [5.74, 6) is 0. The van der Waals surface area contributed by atoms with Gasteiger partial charge in [-0.3, -0.25) is 4.90 Å². The highest BCUT2D eigenvalue weighted by molar-refractivity contribution is 9.09. The predicted molar refractivity (Wildman–Crippen MR) is 86.1 cm³/mol. The van der Waals surface area contributed by atoms with Crippen LogP contribution in [0, 0.1) is 0 Å². The Balaban J connectivity index is 2.24. The molecule has 0 aromatic carbocycles. The van der Waals surface area contributed by atoms with Crippen molar-refractivity contribution in [3.05, 3.63) is 0 Å². The van der Waals surface area contributed by atoms with Gasteiger partial charge in [-0.25, -0.2) is 0 Å². The number of nitrogens with zero attached hydrogens (tertiary/aromatic N) is 1. The van der Waals surface area contributed by atoms with E-state index in [1.54, 1.807) is 0 Å². The van der Waals surface area contributed by atoms with Crippen LogP contribution in [0.1, 0.15) is 38.5 Å². The molecule has 108 valence electrons. The lowest BCUT2D eigenvalue weighted by molar-refractivity contribution is 0.0283. The Kier molecular flexibility index (Phi) is 8.08. The standard InChI is InChI=1S/C14H30BrNOSi/c1-18(2,3)12-11-17-13-16-10-8-6-4-5-7-9-14(16)15/h14H,4-13H2,1-3H3. The van der Waals surface area contributed by atoms with Crippen molar-refractivity contribution < 1.29 is 4.74 Å². The van der Waals surface area contributed by atoms with Crippen molar-refractivity contribution in [1.29, 1.82) is 0 Å². The van der Waals surface area contributed by atoms with E-state index in [1.807, 2.05) is 0 Å². The third-order valence-electron chi connectivity index (χ3n) is 3.54. The minimum Gasteiger partial charge on any atom is -0.366 e. The van der Waals surface area contributed by atoms with Gasteiger partial charge in [0.2, 0.25) is 0 Å². The average molecular weight is 336 g/mol. The molecule has 4 heteroatoms. The van der Waals surface area contributed by atoms with Crippen LogP contribution in [0.15, 0.2) is 0 Å². The molecular formula is C14H30BrNOSi. The molecule has 1 saturated heterocycles. The van der Waals surface area contributed by atoms with E-state index in [0.29, 0.717) is 4.95 Å². The molecule has 0 amide bonds. The van der Waals surface area contributed by atoms with Gasteiger partial charge in [-0.05, 0) is 18.9 Å². The van der Waals surface area contributed by atoms with E-state index in [1.165, 1.54) is 51.1 Å². The Hall–Kier alpha value is 0.617. The minimum atomic E-state index is -0.942. The first-order chi connectivity index (χ1) is 8.49. The van der Waals surface area contributed by atoms with E-state index in [9.17, 15) is 0 Å². The van der Waals surface area contributed by atoms with Gasteiger partial charge in [0.25, 0.3) is 0 Å². The van der Waals surface area contributed by atoms with Crippen LogP contribution >= 0.6 is 15.9 Å². The molecule has 1 aliphatic rings. The summed E-state index contributed by atoms with van der Waals surface area (Å²) >= 11 is 3.82. The molecule has 1 rings (SSSR count). The lowest BCUT2D eigenvalue weighted by Gasteiger charge is -2.27. The van der Waals surface area contributed by atoms with Crippen LogP contribution in [-0.2, 0) is 4.74 Å². The van der Waals surface area contributed by atoms with Gasteiger partial charge in [-0.2, -0.15) is 0 Å². The summed E-state index contributed by atoms with van der Waals surface area (Å²) in [6.07, 6.45) is 8.11. The van der Waals surface area contributed by atoms with Gasteiger partial charge in [0.15, 0.2) is 0 Å². The Morgan fingerprint density at radius 1 is 1.11 bits per heavy atom. The molecule has 2 nitrogen and oxygen atoms in total. The second-order valence-corrected chi connectivity index (χ2v) is 13.3. The van der Waals surface area contributed by atoms with Crippen LogP contribution in [0.4, 0.5) is 0 Å². The fourth-order valence-electron chi connectivity index (χ4n) is 2.19. The first-order valence-electron chi connectivity index (χ1n) is 7.45. The fraction of sp³-hybridized carbons (Fsp3) is 1.00. The van der Waals surface area contributed by atoms with Gasteiger partial charge in [0, 0.05) is 21.2 Å². The van der Waals surface area contributed by atoms with Crippen molar-refractivity contribution in [2.75, 3.05) is 19.9 Å². The zero-order chi connectivity index (χ0) is 13.4. The second kappa shape index (κ2) is 8.72. The van der Waals surface area contributed by atoms with Crippen molar-refractivity contribution in [3.8, 4) is 0 Å². The van der Waals surface area contributed by atoms with Crippen molar-refractivity contribution in [1.82, 2.24) is 4.90 Å². The van der Waals surface area contributed by atoms with E-state index in [2.05, 4.69) is 40.5 Å².